The van der Waals surface area contributed by atoms with Gasteiger partial charge in [0.15, 0.2) is 11.6 Å². The van der Waals surface area contributed by atoms with Crippen molar-refractivity contribution in [2.24, 2.45) is 0 Å². The van der Waals surface area contributed by atoms with Crippen molar-refractivity contribution in [3.05, 3.63) is 78.5 Å². The molecule has 1 N–H and O–H groups in total. The van der Waals surface area contributed by atoms with Crippen LogP contribution in [-0.4, -0.2) is 56.8 Å². The third kappa shape index (κ3) is 4.54. The van der Waals surface area contributed by atoms with Crippen LogP contribution in [0, 0.1) is 18.6 Å². The second-order valence-electron chi connectivity index (χ2n) is 11.0. The molecule has 1 fully saturated rings. The van der Waals surface area contributed by atoms with Gasteiger partial charge < -0.3 is 24.4 Å². The summed E-state index contributed by atoms with van der Waals surface area (Å²) >= 11 is 0. The number of benzene rings is 2. The van der Waals surface area contributed by atoms with E-state index in [-0.39, 0.29) is 29.2 Å². The fraction of sp³-hybridized carbons (Fsp3) is 0.290. The number of anilines is 4. The van der Waals surface area contributed by atoms with Gasteiger partial charge in [-0.15, -0.1) is 0 Å². The van der Waals surface area contributed by atoms with Crippen LogP contribution >= 0.6 is 0 Å². The van der Waals surface area contributed by atoms with Gasteiger partial charge in [-0.1, -0.05) is 0 Å². The summed E-state index contributed by atoms with van der Waals surface area (Å²) in [5, 5.41) is 3.16. The van der Waals surface area contributed by atoms with Gasteiger partial charge in [0.1, 0.15) is 29.4 Å². The van der Waals surface area contributed by atoms with E-state index in [1.165, 1.54) is 6.07 Å². The van der Waals surface area contributed by atoms with E-state index in [1.807, 2.05) is 55.8 Å². The van der Waals surface area contributed by atoms with Crippen LogP contribution in [0.2, 0.25) is 0 Å². The molecule has 2 aliphatic heterocycles. The average molecular weight is 569 g/mol. The molecule has 0 saturated carbocycles. The molecular weight excluding hydrogens is 538 g/mol. The van der Waals surface area contributed by atoms with E-state index in [0.29, 0.717) is 29.2 Å². The number of fused-ring (bicyclic) bond motifs is 4. The molecule has 0 bridgehead atoms. The van der Waals surface area contributed by atoms with Crippen molar-refractivity contribution in [3.63, 3.8) is 0 Å². The molecule has 0 radical (unpaired) electrons. The molecule has 5 heterocycles. The molecule has 3 aromatic heterocycles. The summed E-state index contributed by atoms with van der Waals surface area (Å²) in [6, 6.07) is 13.2. The Bertz CT molecular complexity index is 1790. The number of piperazine rings is 1. The van der Waals surface area contributed by atoms with E-state index in [2.05, 4.69) is 41.1 Å². The summed E-state index contributed by atoms with van der Waals surface area (Å²) in [7, 11) is 0. The van der Waals surface area contributed by atoms with Crippen molar-refractivity contribution in [3.8, 4) is 17.0 Å². The molecule has 9 nitrogen and oxygen atoms in total. The Morgan fingerprint density at radius 2 is 1.90 bits per heavy atom. The Hall–Kier alpha value is -4.80. The summed E-state index contributed by atoms with van der Waals surface area (Å²) < 4.78 is 38.2. The van der Waals surface area contributed by atoms with Crippen LogP contribution in [0.3, 0.4) is 0 Å². The number of nitrogens with zero attached hydrogens (tertiary/aromatic N) is 7. The van der Waals surface area contributed by atoms with Gasteiger partial charge in [-0.25, -0.2) is 23.7 Å². The van der Waals surface area contributed by atoms with E-state index in [9.17, 15) is 4.39 Å². The zero-order chi connectivity index (χ0) is 29.0. The Morgan fingerprint density at radius 3 is 2.71 bits per heavy atom. The quantitative estimate of drug-likeness (QED) is 0.281. The number of rotatable bonds is 5. The second kappa shape index (κ2) is 10.2. The lowest BCUT2D eigenvalue weighted by Gasteiger charge is -2.46. The third-order valence-electron chi connectivity index (χ3n) is 7.91. The van der Waals surface area contributed by atoms with Crippen LogP contribution in [0.4, 0.5) is 31.8 Å². The van der Waals surface area contributed by atoms with Crippen molar-refractivity contribution >= 4 is 34.0 Å². The highest BCUT2D eigenvalue weighted by Gasteiger charge is 2.33. The van der Waals surface area contributed by atoms with E-state index in [4.69, 9.17) is 4.74 Å². The maximum Gasteiger partial charge on any atom is 0.227 e. The molecule has 1 unspecified atom stereocenters. The van der Waals surface area contributed by atoms with Crippen molar-refractivity contribution in [1.82, 2.24) is 24.5 Å². The van der Waals surface area contributed by atoms with Crippen LogP contribution < -0.4 is 19.9 Å². The molecule has 0 amide bonds. The van der Waals surface area contributed by atoms with E-state index in [1.54, 1.807) is 12.3 Å². The van der Waals surface area contributed by atoms with Crippen molar-refractivity contribution < 1.29 is 13.5 Å². The van der Waals surface area contributed by atoms with Gasteiger partial charge in [-0.05, 0) is 57.2 Å². The molecule has 1 atom stereocenters. The molecule has 7 rings (SSSR count). The summed E-state index contributed by atoms with van der Waals surface area (Å²) in [5.74, 6) is 0.483. The Kier molecular flexibility index (Phi) is 6.37. The summed E-state index contributed by atoms with van der Waals surface area (Å²) in [4.78, 5) is 21.9. The SMILES string of the molecule is Cc1nc2c(F)cc(-c3nc(Nc4ccc5c(c4)OCC4CN(c6cccnc6)CCN54)ncc3F)cc2n1C(C)C. The minimum atomic E-state index is -0.642. The largest absolute Gasteiger partial charge is 0.489 e. The second-order valence-corrected chi connectivity index (χ2v) is 11.0. The van der Waals surface area contributed by atoms with E-state index in [0.717, 1.165) is 43.0 Å². The maximum absolute atomic E-state index is 15.1. The zero-order valence-corrected chi connectivity index (χ0v) is 23.6. The third-order valence-corrected chi connectivity index (χ3v) is 7.91. The number of ether oxygens (including phenoxy) is 1. The maximum atomic E-state index is 15.1. The topological polar surface area (TPSA) is 84.2 Å². The van der Waals surface area contributed by atoms with Gasteiger partial charge in [0.2, 0.25) is 5.95 Å². The van der Waals surface area contributed by atoms with Crippen molar-refractivity contribution in [2.45, 2.75) is 32.9 Å². The Labute approximate surface area is 241 Å². The fourth-order valence-electron chi connectivity index (χ4n) is 6.04. The molecule has 0 aliphatic carbocycles. The van der Waals surface area contributed by atoms with Crippen LogP contribution in [0.25, 0.3) is 22.3 Å². The number of imidazole rings is 1. The van der Waals surface area contributed by atoms with Gasteiger partial charge in [0.25, 0.3) is 0 Å². The number of hydrogen-bond donors (Lipinski definition) is 1. The standard InChI is InChI=1S/C31H30F2N8O/c1-18(2)41-19(3)36-30-24(32)11-20(12-27(30)41)29-25(33)15-35-31(38-29)37-21-6-7-26-28(13-21)42-17-23-16-39(9-10-40(23)26)22-5-4-8-34-14-22/h4-8,11-15,18,23H,9-10,16-17H2,1-3H3,(H,35,37,38). The van der Waals surface area contributed by atoms with Crippen LogP contribution in [0.15, 0.2) is 61.1 Å². The molecule has 11 heteroatoms. The number of hydrogen-bond acceptors (Lipinski definition) is 8. The predicted octanol–water partition coefficient (Wildman–Crippen LogP) is 5.89. The molecular formula is C31H30F2N8O. The van der Waals surface area contributed by atoms with Crippen molar-refractivity contribution in [1.29, 1.82) is 0 Å². The van der Waals surface area contributed by atoms with Gasteiger partial charge in [-0.3, -0.25) is 4.98 Å². The highest BCUT2D eigenvalue weighted by Crippen LogP contribution is 2.38. The number of aromatic nitrogens is 5. The lowest BCUT2D eigenvalue weighted by atomic mass is 10.1. The monoisotopic (exact) mass is 568 g/mol. The molecule has 42 heavy (non-hydrogen) atoms. The molecule has 2 aliphatic rings. The molecule has 5 aromatic rings. The number of halogens is 2. The molecule has 2 aromatic carbocycles. The van der Waals surface area contributed by atoms with Crippen LogP contribution in [0.1, 0.15) is 25.7 Å². The van der Waals surface area contributed by atoms with Gasteiger partial charge in [0.05, 0.1) is 35.3 Å². The normalized spacial score (nSPS) is 16.4. The molecule has 0 spiro atoms. The minimum absolute atomic E-state index is 0.00555. The smallest absolute Gasteiger partial charge is 0.227 e. The first kappa shape index (κ1) is 26.1. The minimum Gasteiger partial charge on any atom is -0.489 e. The lowest BCUT2D eigenvalue weighted by molar-refractivity contribution is 0.255. The predicted molar refractivity (Wildman–Crippen MR) is 159 cm³/mol. The first-order valence-corrected chi connectivity index (χ1v) is 14.0. The fourth-order valence-corrected chi connectivity index (χ4v) is 6.04. The number of nitrogens with one attached hydrogen (secondary N) is 1. The lowest BCUT2D eigenvalue weighted by Crippen LogP contribution is -2.57. The summed E-state index contributed by atoms with van der Waals surface area (Å²) in [5.41, 5.74) is 4.02. The van der Waals surface area contributed by atoms with E-state index >= 15 is 4.39 Å². The Morgan fingerprint density at radius 1 is 1.02 bits per heavy atom. The zero-order valence-electron chi connectivity index (χ0n) is 23.6. The molecule has 1 saturated heterocycles. The van der Waals surface area contributed by atoms with E-state index < -0.39 is 11.6 Å². The van der Waals surface area contributed by atoms with Crippen molar-refractivity contribution in [2.75, 3.05) is 41.4 Å². The first-order valence-electron chi connectivity index (χ1n) is 14.0. The van der Waals surface area contributed by atoms with Crippen LogP contribution in [0.5, 0.6) is 5.75 Å². The first-order chi connectivity index (χ1) is 20.4. The van der Waals surface area contributed by atoms with Gasteiger partial charge >= 0.3 is 0 Å². The van der Waals surface area contributed by atoms with Gasteiger partial charge in [0, 0.05) is 49.2 Å². The highest BCUT2D eigenvalue weighted by molar-refractivity contribution is 5.83. The number of aryl methyl sites for hydroxylation is 1. The highest BCUT2D eigenvalue weighted by atomic mass is 19.1. The summed E-state index contributed by atoms with van der Waals surface area (Å²) in [6.45, 7) is 8.98. The van der Waals surface area contributed by atoms with Gasteiger partial charge in [-0.2, -0.15) is 0 Å². The summed E-state index contributed by atoms with van der Waals surface area (Å²) in [6.07, 6.45) is 4.77. The number of pyridine rings is 1. The Balaban J connectivity index is 1.13. The van der Waals surface area contributed by atoms with Crippen LogP contribution in [-0.2, 0) is 0 Å². The average Bonchev–Trinajstić information content (AvgIpc) is 3.34. The molecule has 214 valence electrons.